The minimum Gasteiger partial charge on any atom is -0.312 e. The molecule has 0 fully saturated rings. The molecule has 1 aliphatic rings. The van der Waals surface area contributed by atoms with Crippen LogP contribution in [0.15, 0.2) is 77.6 Å². The van der Waals surface area contributed by atoms with Crippen LogP contribution in [0.25, 0.3) is 23.0 Å². The second-order valence-corrected chi connectivity index (χ2v) is 6.65. The third-order valence-corrected chi connectivity index (χ3v) is 4.38. The molecule has 0 atom stereocenters. The molecule has 0 saturated carbocycles. The Morgan fingerprint density at radius 1 is 1.00 bits per heavy atom. The summed E-state index contributed by atoms with van der Waals surface area (Å²) in [6.07, 6.45) is 3.75. The normalized spacial score (nSPS) is 15.3. The molecule has 5 nitrogen and oxygen atoms in total. The number of oxime groups is 1. The molecule has 0 saturated heterocycles. The average molecular weight is 357 g/mol. The van der Waals surface area contributed by atoms with E-state index in [0.29, 0.717) is 11.3 Å². The Balaban J connectivity index is 1.86. The Kier molecular flexibility index (Phi) is 4.42. The standard InChI is InChI=1S/C22H19N3O2/c1-15(2)20-19(22(26)27-24-20)13-17-14-25(18-11-7-4-8-12-18)23-21(17)16-9-5-3-6-10-16/h3-15H,1-2H3. The second-order valence-electron chi connectivity index (χ2n) is 6.65. The van der Waals surface area contributed by atoms with Gasteiger partial charge in [0.15, 0.2) is 0 Å². The van der Waals surface area contributed by atoms with Crippen LogP contribution in [-0.4, -0.2) is 21.5 Å². The quantitative estimate of drug-likeness (QED) is 0.510. The SMILES string of the molecule is CC(C)C1=NOC(=O)C1=Cc1cn(-c2ccccc2)nc1-c1ccccc1. The number of carbonyl (C=O) groups is 1. The van der Waals surface area contributed by atoms with E-state index in [0.717, 1.165) is 22.5 Å². The first-order chi connectivity index (χ1) is 13.1. The van der Waals surface area contributed by atoms with Crippen molar-refractivity contribution in [2.45, 2.75) is 13.8 Å². The first kappa shape index (κ1) is 17.0. The van der Waals surface area contributed by atoms with E-state index in [4.69, 9.17) is 9.94 Å². The number of rotatable bonds is 4. The lowest BCUT2D eigenvalue weighted by molar-refractivity contribution is -0.136. The van der Waals surface area contributed by atoms with Gasteiger partial charge in [-0.3, -0.25) is 0 Å². The van der Waals surface area contributed by atoms with E-state index in [1.54, 1.807) is 0 Å². The summed E-state index contributed by atoms with van der Waals surface area (Å²) >= 11 is 0. The Labute approximate surface area is 157 Å². The van der Waals surface area contributed by atoms with Crippen molar-refractivity contribution in [1.82, 2.24) is 9.78 Å². The maximum Gasteiger partial charge on any atom is 0.367 e. The predicted octanol–water partition coefficient (Wildman–Crippen LogP) is 4.49. The Hall–Kier alpha value is -3.47. The highest BCUT2D eigenvalue weighted by Gasteiger charge is 2.28. The van der Waals surface area contributed by atoms with Gasteiger partial charge in [-0.1, -0.05) is 67.5 Å². The van der Waals surface area contributed by atoms with Crippen LogP contribution in [0.2, 0.25) is 0 Å². The number of carbonyl (C=O) groups excluding carboxylic acids is 1. The fraction of sp³-hybridized carbons (Fsp3) is 0.136. The smallest absolute Gasteiger partial charge is 0.312 e. The number of nitrogens with zero attached hydrogens (tertiary/aromatic N) is 3. The summed E-state index contributed by atoms with van der Waals surface area (Å²) in [5, 5.41) is 8.70. The summed E-state index contributed by atoms with van der Waals surface area (Å²) in [6, 6.07) is 19.8. The summed E-state index contributed by atoms with van der Waals surface area (Å²) in [6.45, 7) is 3.97. The van der Waals surface area contributed by atoms with Crippen molar-refractivity contribution >= 4 is 17.8 Å². The van der Waals surface area contributed by atoms with Crippen LogP contribution in [0.4, 0.5) is 0 Å². The molecule has 134 valence electrons. The van der Waals surface area contributed by atoms with Gasteiger partial charge < -0.3 is 4.84 Å². The van der Waals surface area contributed by atoms with Crippen LogP contribution >= 0.6 is 0 Å². The van der Waals surface area contributed by atoms with E-state index < -0.39 is 5.97 Å². The lowest BCUT2D eigenvalue weighted by Gasteiger charge is -2.03. The van der Waals surface area contributed by atoms with Crippen LogP contribution in [0.5, 0.6) is 0 Å². The first-order valence-corrected chi connectivity index (χ1v) is 8.85. The highest BCUT2D eigenvalue weighted by molar-refractivity contribution is 6.25. The van der Waals surface area contributed by atoms with Crippen molar-refractivity contribution in [3.8, 4) is 16.9 Å². The molecule has 0 aliphatic carbocycles. The van der Waals surface area contributed by atoms with Crippen LogP contribution in [0.3, 0.4) is 0 Å². The van der Waals surface area contributed by atoms with Gasteiger partial charge >= 0.3 is 5.97 Å². The molecular weight excluding hydrogens is 338 g/mol. The maximum absolute atomic E-state index is 12.2. The van der Waals surface area contributed by atoms with Crippen molar-refractivity contribution in [3.63, 3.8) is 0 Å². The van der Waals surface area contributed by atoms with Gasteiger partial charge in [-0.15, -0.1) is 0 Å². The topological polar surface area (TPSA) is 56.5 Å². The molecule has 1 aliphatic heterocycles. The van der Waals surface area contributed by atoms with Crippen LogP contribution in [-0.2, 0) is 9.63 Å². The molecule has 4 rings (SSSR count). The zero-order valence-corrected chi connectivity index (χ0v) is 15.2. The summed E-state index contributed by atoms with van der Waals surface area (Å²) in [5.41, 5.74) is 4.71. The third-order valence-electron chi connectivity index (χ3n) is 4.38. The molecule has 0 amide bonds. The Morgan fingerprint density at radius 2 is 1.67 bits per heavy atom. The van der Waals surface area contributed by atoms with Gasteiger partial charge in [-0.25, -0.2) is 9.48 Å². The van der Waals surface area contributed by atoms with Gasteiger partial charge in [0, 0.05) is 17.3 Å². The van der Waals surface area contributed by atoms with Crippen molar-refractivity contribution < 1.29 is 9.63 Å². The molecule has 27 heavy (non-hydrogen) atoms. The molecule has 0 N–H and O–H groups in total. The minimum absolute atomic E-state index is 0.0899. The van der Waals surface area contributed by atoms with E-state index in [9.17, 15) is 4.79 Å². The molecule has 5 heteroatoms. The third kappa shape index (κ3) is 3.31. The Bertz CT molecular complexity index is 1030. The van der Waals surface area contributed by atoms with Crippen LogP contribution in [0, 0.1) is 5.92 Å². The fourth-order valence-electron chi connectivity index (χ4n) is 3.02. The number of aromatic nitrogens is 2. The van der Waals surface area contributed by atoms with Crippen LogP contribution < -0.4 is 0 Å². The molecule has 2 heterocycles. The molecular formula is C22H19N3O2. The summed E-state index contributed by atoms with van der Waals surface area (Å²) in [4.78, 5) is 17.1. The van der Waals surface area contributed by atoms with Crippen molar-refractivity contribution in [2.24, 2.45) is 11.1 Å². The second kappa shape index (κ2) is 7.03. The van der Waals surface area contributed by atoms with E-state index in [2.05, 4.69) is 5.16 Å². The minimum atomic E-state index is -0.426. The van der Waals surface area contributed by atoms with Gasteiger partial charge in [0.1, 0.15) is 0 Å². The number of para-hydroxylation sites is 1. The van der Waals surface area contributed by atoms with Crippen molar-refractivity contribution in [2.75, 3.05) is 0 Å². The van der Waals surface area contributed by atoms with E-state index in [1.165, 1.54) is 0 Å². The van der Waals surface area contributed by atoms with Gasteiger partial charge in [0.2, 0.25) is 0 Å². The number of hydrogen-bond donors (Lipinski definition) is 0. The van der Waals surface area contributed by atoms with Gasteiger partial charge in [0.25, 0.3) is 0 Å². The first-order valence-electron chi connectivity index (χ1n) is 8.85. The highest BCUT2D eigenvalue weighted by Crippen LogP contribution is 2.28. The highest BCUT2D eigenvalue weighted by atomic mass is 16.7. The lowest BCUT2D eigenvalue weighted by Crippen LogP contribution is -2.11. The number of benzene rings is 2. The van der Waals surface area contributed by atoms with Crippen molar-refractivity contribution in [3.05, 3.63) is 78.0 Å². The summed E-state index contributed by atoms with van der Waals surface area (Å²) in [7, 11) is 0. The molecule has 0 radical (unpaired) electrons. The monoisotopic (exact) mass is 357 g/mol. The largest absolute Gasteiger partial charge is 0.367 e. The zero-order valence-electron chi connectivity index (χ0n) is 15.2. The van der Waals surface area contributed by atoms with Crippen LogP contribution in [0.1, 0.15) is 19.4 Å². The van der Waals surface area contributed by atoms with Gasteiger partial charge in [-0.05, 0) is 24.1 Å². The Morgan fingerprint density at radius 3 is 2.33 bits per heavy atom. The molecule has 0 bridgehead atoms. The molecule has 2 aromatic carbocycles. The molecule has 1 aromatic heterocycles. The number of hydrogen-bond acceptors (Lipinski definition) is 4. The molecule has 3 aromatic rings. The van der Waals surface area contributed by atoms with Gasteiger partial charge in [-0.2, -0.15) is 5.10 Å². The molecule has 0 spiro atoms. The van der Waals surface area contributed by atoms with E-state index in [-0.39, 0.29) is 5.92 Å². The van der Waals surface area contributed by atoms with Gasteiger partial charge in [0.05, 0.1) is 22.7 Å². The fourth-order valence-corrected chi connectivity index (χ4v) is 3.02. The van der Waals surface area contributed by atoms with Crippen molar-refractivity contribution in [1.29, 1.82) is 0 Å². The average Bonchev–Trinajstić information content (AvgIpc) is 3.28. The summed E-state index contributed by atoms with van der Waals surface area (Å²) < 4.78 is 1.82. The van der Waals surface area contributed by atoms with E-state index >= 15 is 0 Å². The lowest BCUT2D eigenvalue weighted by atomic mass is 9.98. The van der Waals surface area contributed by atoms with E-state index in [1.807, 2.05) is 91.5 Å². The summed E-state index contributed by atoms with van der Waals surface area (Å²) in [5.74, 6) is -0.336. The predicted molar refractivity (Wildman–Crippen MR) is 105 cm³/mol. The molecule has 0 unspecified atom stereocenters. The zero-order chi connectivity index (χ0) is 18.8. The maximum atomic E-state index is 12.2.